The van der Waals surface area contributed by atoms with Gasteiger partial charge in [0, 0.05) is 6.61 Å². The van der Waals surface area contributed by atoms with Crippen molar-refractivity contribution in [3.8, 4) is 0 Å². The standard InChI is InChI=1S/C19H30O3/c1-4-5-6-7-8-9-10-21-11-12-22-19(20)18-14-16(2)13-17(3)15-18/h13-15H,4-12H2,1-3H3. The summed E-state index contributed by atoms with van der Waals surface area (Å²) in [6, 6.07) is 5.75. The van der Waals surface area contributed by atoms with E-state index in [4.69, 9.17) is 9.47 Å². The predicted molar refractivity (Wildman–Crippen MR) is 90.4 cm³/mol. The minimum absolute atomic E-state index is 0.269. The number of benzene rings is 1. The van der Waals surface area contributed by atoms with Crippen molar-refractivity contribution in [2.45, 2.75) is 59.3 Å². The first-order valence-electron chi connectivity index (χ1n) is 8.46. The van der Waals surface area contributed by atoms with Crippen LogP contribution in [0, 0.1) is 13.8 Å². The van der Waals surface area contributed by atoms with Crippen LogP contribution < -0.4 is 0 Å². The third kappa shape index (κ3) is 8.18. The monoisotopic (exact) mass is 306 g/mol. The lowest BCUT2D eigenvalue weighted by molar-refractivity contribution is 0.0312. The Morgan fingerprint density at radius 1 is 0.864 bits per heavy atom. The van der Waals surface area contributed by atoms with E-state index >= 15 is 0 Å². The lowest BCUT2D eigenvalue weighted by atomic mass is 10.1. The highest BCUT2D eigenvalue weighted by Gasteiger charge is 2.07. The van der Waals surface area contributed by atoms with Crippen molar-refractivity contribution in [1.29, 1.82) is 0 Å². The molecular formula is C19H30O3. The van der Waals surface area contributed by atoms with Crippen LogP contribution in [-0.4, -0.2) is 25.8 Å². The van der Waals surface area contributed by atoms with Crippen molar-refractivity contribution in [3.05, 3.63) is 34.9 Å². The van der Waals surface area contributed by atoms with E-state index in [1.54, 1.807) is 0 Å². The van der Waals surface area contributed by atoms with Crippen LogP contribution in [0.15, 0.2) is 18.2 Å². The Balaban J connectivity index is 2.06. The van der Waals surface area contributed by atoms with Crippen molar-refractivity contribution >= 4 is 5.97 Å². The maximum atomic E-state index is 11.9. The van der Waals surface area contributed by atoms with E-state index in [0.29, 0.717) is 18.8 Å². The van der Waals surface area contributed by atoms with E-state index < -0.39 is 0 Å². The van der Waals surface area contributed by atoms with Gasteiger partial charge in [-0.3, -0.25) is 0 Å². The molecule has 1 aromatic carbocycles. The molecule has 0 atom stereocenters. The van der Waals surface area contributed by atoms with Gasteiger partial charge in [0.1, 0.15) is 6.61 Å². The zero-order chi connectivity index (χ0) is 16.2. The molecule has 0 unspecified atom stereocenters. The molecule has 0 aliphatic rings. The number of carbonyl (C=O) groups is 1. The van der Waals surface area contributed by atoms with Crippen molar-refractivity contribution in [1.82, 2.24) is 0 Å². The van der Waals surface area contributed by atoms with Crippen LogP contribution in [0.1, 0.15) is 66.9 Å². The number of hydrogen-bond acceptors (Lipinski definition) is 3. The van der Waals surface area contributed by atoms with Crippen LogP contribution in [0.25, 0.3) is 0 Å². The van der Waals surface area contributed by atoms with E-state index in [2.05, 4.69) is 6.92 Å². The summed E-state index contributed by atoms with van der Waals surface area (Å²) in [4.78, 5) is 11.9. The lowest BCUT2D eigenvalue weighted by Crippen LogP contribution is -2.11. The van der Waals surface area contributed by atoms with Gasteiger partial charge in [-0.2, -0.15) is 0 Å². The normalized spacial score (nSPS) is 10.7. The molecule has 0 bridgehead atoms. The van der Waals surface area contributed by atoms with Crippen molar-refractivity contribution in [3.63, 3.8) is 0 Å². The maximum absolute atomic E-state index is 11.9. The number of aryl methyl sites for hydroxylation is 2. The van der Waals surface area contributed by atoms with Crippen molar-refractivity contribution in [2.24, 2.45) is 0 Å². The van der Waals surface area contributed by atoms with E-state index in [9.17, 15) is 4.79 Å². The molecule has 0 spiro atoms. The second kappa shape index (κ2) is 11.2. The molecular weight excluding hydrogens is 276 g/mol. The Kier molecular flexibility index (Phi) is 9.56. The molecule has 0 saturated heterocycles. The number of hydrogen-bond donors (Lipinski definition) is 0. The Bertz CT molecular complexity index is 420. The van der Waals surface area contributed by atoms with Gasteiger partial charge in [0.05, 0.1) is 12.2 Å². The van der Waals surface area contributed by atoms with E-state index in [0.717, 1.165) is 24.2 Å². The summed E-state index contributed by atoms with van der Waals surface area (Å²) in [5, 5.41) is 0. The number of esters is 1. The molecule has 0 saturated carbocycles. The summed E-state index contributed by atoms with van der Waals surface area (Å²) in [7, 11) is 0. The highest BCUT2D eigenvalue weighted by atomic mass is 16.6. The summed E-state index contributed by atoms with van der Waals surface area (Å²) in [6.45, 7) is 7.74. The first-order valence-corrected chi connectivity index (χ1v) is 8.46. The van der Waals surface area contributed by atoms with Gasteiger partial charge in [-0.05, 0) is 32.4 Å². The van der Waals surface area contributed by atoms with Gasteiger partial charge in [-0.25, -0.2) is 4.79 Å². The number of carbonyl (C=O) groups excluding carboxylic acids is 1. The fourth-order valence-corrected chi connectivity index (χ4v) is 2.46. The summed E-state index contributed by atoms with van der Waals surface area (Å²) in [6.07, 6.45) is 7.54. The lowest BCUT2D eigenvalue weighted by Gasteiger charge is -2.07. The van der Waals surface area contributed by atoms with Crippen LogP contribution >= 0.6 is 0 Å². The third-order valence-corrected chi connectivity index (χ3v) is 3.56. The van der Waals surface area contributed by atoms with Gasteiger partial charge in [-0.15, -0.1) is 0 Å². The number of rotatable bonds is 11. The molecule has 124 valence electrons. The highest BCUT2D eigenvalue weighted by molar-refractivity contribution is 5.89. The van der Waals surface area contributed by atoms with Gasteiger partial charge in [0.2, 0.25) is 0 Å². The van der Waals surface area contributed by atoms with Crippen LogP contribution in [-0.2, 0) is 9.47 Å². The SMILES string of the molecule is CCCCCCCCOCCOC(=O)c1cc(C)cc(C)c1. The second-order valence-electron chi connectivity index (χ2n) is 5.89. The predicted octanol–water partition coefficient (Wildman–Crippen LogP) is 4.84. The van der Waals surface area contributed by atoms with Gasteiger partial charge in [0.25, 0.3) is 0 Å². The van der Waals surface area contributed by atoms with Gasteiger partial charge in [-0.1, -0.05) is 56.2 Å². The fraction of sp³-hybridized carbons (Fsp3) is 0.632. The fourth-order valence-electron chi connectivity index (χ4n) is 2.46. The molecule has 0 aliphatic heterocycles. The van der Waals surface area contributed by atoms with Crippen LogP contribution in [0.4, 0.5) is 0 Å². The minimum Gasteiger partial charge on any atom is -0.460 e. The third-order valence-electron chi connectivity index (χ3n) is 3.56. The van der Waals surface area contributed by atoms with E-state index in [-0.39, 0.29) is 5.97 Å². The largest absolute Gasteiger partial charge is 0.460 e. The first kappa shape index (κ1) is 18.7. The number of unbranched alkanes of at least 4 members (excludes halogenated alkanes) is 5. The topological polar surface area (TPSA) is 35.5 Å². The average Bonchev–Trinajstić information content (AvgIpc) is 2.48. The molecule has 3 heteroatoms. The van der Waals surface area contributed by atoms with E-state index in [1.807, 2.05) is 32.0 Å². The maximum Gasteiger partial charge on any atom is 0.338 e. The summed E-state index contributed by atoms with van der Waals surface area (Å²) in [5.74, 6) is -0.269. The van der Waals surface area contributed by atoms with Crippen LogP contribution in [0.3, 0.4) is 0 Å². The summed E-state index contributed by atoms with van der Waals surface area (Å²) < 4.78 is 10.7. The van der Waals surface area contributed by atoms with Crippen molar-refractivity contribution in [2.75, 3.05) is 19.8 Å². The summed E-state index contributed by atoms with van der Waals surface area (Å²) in [5.41, 5.74) is 2.77. The molecule has 22 heavy (non-hydrogen) atoms. The molecule has 0 radical (unpaired) electrons. The molecule has 0 fully saturated rings. The zero-order valence-corrected chi connectivity index (χ0v) is 14.3. The molecule has 0 N–H and O–H groups in total. The molecule has 1 rings (SSSR count). The molecule has 3 nitrogen and oxygen atoms in total. The molecule has 1 aromatic rings. The highest BCUT2D eigenvalue weighted by Crippen LogP contribution is 2.10. The van der Waals surface area contributed by atoms with Crippen LogP contribution in [0.5, 0.6) is 0 Å². The Morgan fingerprint density at radius 3 is 2.18 bits per heavy atom. The van der Waals surface area contributed by atoms with Gasteiger partial charge < -0.3 is 9.47 Å². The average molecular weight is 306 g/mol. The molecule has 0 amide bonds. The van der Waals surface area contributed by atoms with Crippen molar-refractivity contribution < 1.29 is 14.3 Å². The van der Waals surface area contributed by atoms with Crippen LogP contribution in [0.2, 0.25) is 0 Å². The molecule has 0 aromatic heterocycles. The quantitative estimate of drug-likeness (QED) is 0.433. The number of ether oxygens (including phenoxy) is 2. The van der Waals surface area contributed by atoms with Gasteiger partial charge >= 0.3 is 5.97 Å². The Hall–Kier alpha value is -1.35. The zero-order valence-electron chi connectivity index (χ0n) is 14.3. The smallest absolute Gasteiger partial charge is 0.338 e. The summed E-state index contributed by atoms with van der Waals surface area (Å²) >= 11 is 0. The first-order chi connectivity index (χ1) is 10.6. The minimum atomic E-state index is -0.269. The molecule has 0 aliphatic carbocycles. The van der Waals surface area contributed by atoms with Gasteiger partial charge in [0.15, 0.2) is 0 Å². The van der Waals surface area contributed by atoms with E-state index in [1.165, 1.54) is 32.1 Å². The molecule has 0 heterocycles. The Labute approximate surface area is 135 Å². The second-order valence-corrected chi connectivity index (χ2v) is 5.89. The Morgan fingerprint density at radius 2 is 1.50 bits per heavy atom.